The van der Waals surface area contributed by atoms with Crippen molar-refractivity contribution in [1.29, 1.82) is 0 Å². The molecule has 0 aliphatic rings. The molecule has 0 spiro atoms. The minimum Gasteiger partial charge on any atom is -0.497 e. The number of benzene rings is 4. The molecule has 40 heavy (non-hydrogen) atoms. The van der Waals surface area contributed by atoms with Gasteiger partial charge in [-0.25, -0.2) is 4.79 Å². The van der Waals surface area contributed by atoms with E-state index in [1.807, 2.05) is 84.9 Å². The first kappa shape index (κ1) is 28.7. The number of hydrogen-bond donors (Lipinski definition) is 2. The quantitative estimate of drug-likeness (QED) is 0.0679. The molecular weight excluding hydrogens is 542 g/mol. The molecule has 4 rings (SSSR count). The number of rotatable bonds is 11. The molecule has 9 heteroatoms. The van der Waals surface area contributed by atoms with Gasteiger partial charge in [-0.3, -0.25) is 5.43 Å². The first-order valence-electron chi connectivity index (χ1n) is 12.4. The summed E-state index contributed by atoms with van der Waals surface area (Å²) in [5, 5.41) is 7.79. The first-order chi connectivity index (χ1) is 19.5. The van der Waals surface area contributed by atoms with Crippen molar-refractivity contribution in [2.45, 2.75) is 17.3 Å². The highest BCUT2D eigenvalue weighted by Gasteiger charge is 2.06. The van der Waals surface area contributed by atoms with Crippen LogP contribution in [0.15, 0.2) is 107 Å². The van der Waals surface area contributed by atoms with Crippen molar-refractivity contribution in [1.82, 2.24) is 5.43 Å². The van der Waals surface area contributed by atoms with Crippen LogP contribution in [0.2, 0.25) is 0 Å². The van der Waals surface area contributed by atoms with Gasteiger partial charge in [0, 0.05) is 28.0 Å². The van der Waals surface area contributed by atoms with E-state index in [1.54, 1.807) is 37.2 Å². The molecule has 0 aromatic heterocycles. The second-order valence-corrected chi connectivity index (χ2v) is 10.0. The van der Waals surface area contributed by atoms with Crippen molar-refractivity contribution >= 4 is 47.0 Å². The van der Waals surface area contributed by atoms with Crippen molar-refractivity contribution in [2.24, 2.45) is 5.10 Å². The van der Waals surface area contributed by atoms with Gasteiger partial charge in [0.15, 0.2) is 5.11 Å². The molecule has 4 aromatic carbocycles. The van der Waals surface area contributed by atoms with E-state index in [4.69, 9.17) is 26.4 Å². The Hall–Kier alpha value is -4.34. The Labute approximate surface area is 243 Å². The number of carbonyl (C=O) groups excluding carboxylic acids is 1. The lowest BCUT2D eigenvalue weighted by atomic mass is 10.1. The fourth-order valence-electron chi connectivity index (χ4n) is 3.62. The third-order valence-electron chi connectivity index (χ3n) is 5.64. The Morgan fingerprint density at radius 3 is 2.42 bits per heavy atom. The predicted molar refractivity (Wildman–Crippen MR) is 165 cm³/mol. The zero-order valence-electron chi connectivity index (χ0n) is 22.1. The van der Waals surface area contributed by atoms with E-state index in [0.29, 0.717) is 28.8 Å². The average Bonchev–Trinajstić information content (AvgIpc) is 2.99. The van der Waals surface area contributed by atoms with Crippen molar-refractivity contribution in [3.63, 3.8) is 0 Å². The number of methoxy groups -OCH3 is 2. The zero-order valence-corrected chi connectivity index (χ0v) is 23.8. The molecule has 7 nitrogen and oxygen atoms in total. The number of ether oxygens (including phenoxy) is 3. The summed E-state index contributed by atoms with van der Waals surface area (Å²) >= 11 is 7.10. The summed E-state index contributed by atoms with van der Waals surface area (Å²) in [6, 6.07) is 30.9. The van der Waals surface area contributed by atoms with E-state index < -0.39 is 0 Å². The molecule has 4 aromatic rings. The van der Waals surface area contributed by atoms with E-state index >= 15 is 0 Å². The molecule has 0 fully saturated rings. The highest BCUT2D eigenvalue weighted by molar-refractivity contribution is 7.98. The number of carbonyl (C=O) groups is 1. The van der Waals surface area contributed by atoms with Crippen LogP contribution in [0.1, 0.15) is 27.0 Å². The molecule has 0 bridgehead atoms. The summed E-state index contributed by atoms with van der Waals surface area (Å²) in [7, 11) is 2.99. The maximum atomic E-state index is 11.6. The van der Waals surface area contributed by atoms with Gasteiger partial charge in [-0.15, -0.1) is 11.8 Å². The maximum Gasteiger partial charge on any atom is 0.337 e. The predicted octanol–water partition coefficient (Wildman–Crippen LogP) is 6.67. The van der Waals surface area contributed by atoms with Crippen LogP contribution in [0.3, 0.4) is 0 Å². The summed E-state index contributed by atoms with van der Waals surface area (Å²) < 4.78 is 16.1. The molecule has 0 radical (unpaired) electrons. The molecule has 204 valence electrons. The number of hydrogen-bond acceptors (Lipinski definition) is 7. The largest absolute Gasteiger partial charge is 0.497 e. The number of nitrogens with zero attached hydrogens (tertiary/aromatic N) is 1. The van der Waals surface area contributed by atoms with Crippen molar-refractivity contribution in [3.8, 4) is 11.5 Å². The van der Waals surface area contributed by atoms with Gasteiger partial charge >= 0.3 is 5.97 Å². The van der Waals surface area contributed by atoms with Gasteiger partial charge < -0.3 is 19.5 Å². The summed E-state index contributed by atoms with van der Waals surface area (Å²) in [4.78, 5) is 12.7. The molecule has 0 saturated heterocycles. The van der Waals surface area contributed by atoms with Crippen LogP contribution < -0.4 is 20.2 Å². The monoisotopic (exact) mass is 571 g/mol. The lowest BCUT2D eigenvalue weighted by molar-refractivity contribution is 0.0600. The van der Waals surface area contributed by atoms with E-state index in [1.165, 1.54) is 7.11 Å². The summed E-state index contributed by atoms with van der Waals surface area (Å²) in [5.41, 5.74) is 7.22. The Morgan fingerprint density at radius 1 is 0.900 bits per heavy atom. The smallest absolute Gasteiger partial charge is 0.337 e. The topological polar surface area (TPSA) is 81.2 Å². The molecule has 0 unspecified atom stereocenters. The second kappa shape index (κ2) is 14.7. The van der Waals surface area contributed by atoms with Gasteiger partial charge in [-0.05, 0) is 65.8 Å². The van der Waals surface area contributed by atoms with Crippen LogP contribution in [-0.2, 0) is 17.1 Å². The van der Waals surface area contributed by atoms with E-state index in [2.05, 4.69) is 15.8 Å². The van der Waals surface area contributed by atoms with E-state index in [0.717, 1.165) is 33.0 Å². The second-order valence-electron chi connectivity index (χ2n) is 8.55. The molecule has 2 N–H and O–H groups in total. The standard InChI is InChI=1S/C31H29N3O4S2/c1-36-27-15-24(16-28(18-27)38-20-22-7-4-3-5-8-22)19-32-34-31(39)33-26-9-6-10-29(17-26)40-21-23-11-13-25(14-12-23)30(35)37-2/h3-19H,20-21H2,1-2H3,(H2,33,34,39)/b32-19+. The average molecular weight is 572 g/mol. The molecule has 0 atom stereocenters. The first-order valence-corrected chi connectivity index (χ1v) is 13.8. The van der Waals surface area contributed by atoms with Gasteiger partial charge in [-0.2, -0.15) is 5.10 Å². The van der Waals surface area contributed by atoms with E-state index in [-0.39, 0.29) is 5.97 Å². The maximum absolute atomic E-state index is 11.6. The number of thiocarbonyl (C=S) groups is 1. The third-order valence-corrected chi connectivity index (χ3v) is 6.90. The zero-order chi connectivity index (χ0) is 28.2. The van der Waals surface area contributed by atoms with Crippen molar-refractivity contribution in [2.75, 3.05) is 19.5 Å². The van der Waals surface area contributed by atoms with Crippen molar-refractivity contribution in [3.05, 3.63) is 119 Å². The van der Waals surface area contributed by atoms with Gasteiger partial charge in [0.2, 0.25) is 0 Å². The molecule has 0 saturated carbocycles. The van der Waals surface area contributed by atoms with Crippen LogP contribution in [0.4, 0.5) is 5.69 Å². The normalized spacial score (nSPS) is 10.7. The molecule has 0 amide bonds. The van der Waals surface area contributed by atoms with Gasteiger partial charge in [0.05, 0.1) is 26.0 Å². The van der Waals surface area contributed by atoms with Crippen LogP contribution in [0.25, 0.3) is 0 Å². The Morgan fingerprint density at radius 2 is 1.68 bits per heavy atom. The SMILES string of the molecule is COC(=O)c1ccc(CSc2cccc(NC(=S)N/N=C/c3cc(OC)cc(OCc4ccccc4)c3)c2)cc1. The number of hydrazone groups is 1. The number of thioether (sulfide) groups is 1. The molecule has 0 heterocycles. The minimum absolute atomic E-state index is 0.340. The van der Waals surface area contributed by atoms with Crippen LogP contribution in [0, 0.1) is 0 Å². The fraction of sp³-hybridized carbons (Fsp3) is 0.129. The lowest BCUT2D eigenvalue weighted by Crippen LogP contribution is -2.23. The number of nitrogens with one attached hydrogen (secondary N) is 2. The molecule has 0 aliphatic carbocycles. The van der Waals surface area contributed by atoms with Crippen LogP contribution in [0.5, 0.6) is 11.5 Å². The Kier molecular flexibility index (Phi) is 10.5. The van der Waals surface area contributed by atoms with Gasteiger partial charge in [0.1, 0.15) is 18.1 Å². The van der Waals surface area contributed by atoms with E-state index in [9.17, 15) is 4.79 Å². The third kappa shape index (κ3) is 8.86. The minimum atomic E-state index is -0.340. The number of esters is 1. The van der Waals surface area contributed by atoms with Crippen LogP contribution in [-0.4, -0.2) is 31.5 Å². The van der Waals surface area contributed by atoms with Gasteiger partial charge in [-0.1, -0.05) is 48.5 Å². The molecular formula is C31H29N3O4S2. The highest BCUT2D eigenvalue weighted by Crippen LogP contribution is 2.26. The molecule has 0 aliphatic heterocycles. The fourth-order valence-corrected chi connectivity index (χ4v) is 4.70. The van der Waals surface area contributed by atoms with Crippen LogP contribution >= 0.6 is 24.0 Å². The lowest BCUT2D eigenvalue weighted by Gasteiger charge is -2.10. The highest BCUT2D eigenvalue weighted by atomic mass is 32.2. The summed E-state index contributed by atoms with van der Waals surface area (Å²) in [6.45, 7) is 0.454. The summed E-state index contributed by atoms with van der Waals surface area (Å²) in [6.07, 6.45) is 1.66. The Bertz CT molecular complexity index is 1460. The van der Waals surface area contributed by atoms with Crippen molar-refractivity contribution < 1.29 is 19.0 Å². The number of anilines is 1. The summed E-state index contributed by atoms with van der Waals surface area (Å²) in [5.74, 6) is 1.77. The Balaban J connectivity index is 1.29. The van der Waals surface area contributed by atoms with Gasteiger partial charge in [0.25, 0.3) is 0 Å².